The number of aromatic amines is 1. The van der Waals surface area contributed by atoms with Gasteiger partial charge in [0, 0.05) is 18.6 Å². The molecule has 0 unspecified atom stereocenters. The largest absolute Gasteiger partial charge is 0.381 e. The molecule has 3 aromatic rings. The first-order valence-electron chi connectivity index (χ1n) is 8.34. The number of hydrogen-bond donors (Lipinski definition) is 2. The number of H-pyrrole nitrogens is 1. The molecule has 8 heteroatoms. The van der Waals surface area contributed by atoms with E-state index in [0.29, 0.717) is 30.6 Å². The molecule has 25 heavy (non-hydrogen) atoms. The van der Waals surface area contributed by atoms with Crippen molar-refractivity contribution in [1.82, 2.24) is 25.7 Å². The summed E-state index contributed by atoms with van der Waals surface area (Å²) in [5, 5.41) is 14.7. The molecule has 1 amide bonds. The summed E-state index contributed by atoms with van der Waals surface area (Å²) in [5.41, 5.74) is 1.19. The molecule has 8 nitrogen and oxygen atoms in total. The van der Waals surface area contributed by atoms with E-state index in [2.05, 4.69) is 25.7 Å². The molecule has 1 aromatic carbocycles. The maximum atomic E-state index is 12.8. The Balaban J connectivity index is 1.62. The molecule has 0 bridgehead atoms. The highest BCUT2D eigenvalue weighted by atomic mass is 16.5. The number of carbonyl (C=O) groups is 1. The van der Waals surface area contributed by atoms with Gasteiger partial charge in [0.05, 0.1) is 5.52 Å². The van der Waals surface area contributed by atoms with Crippen LogP contribution in [0.4, 0.5) is 0 Å². The Bertz CT molecular complexity index is 881. The van der Waals surface area contributed by atoms with Gasteiger partial charge in [-0.2, -0.15) is 10.1 Å². The molecule has 130 valence electrons. The summed E-state index contributed by atoms with van der Waals surface area (Å²) in [4.78, 5) is 17.2. The number of nitrogens with zero attached hydrogens (tertiary/aromatic N) is 3. The van der Waals surface area contributed by atoms with Gasteiger partial charge in [0.2, 0.25) is 5.89 Å². The van der Waals surface area contributed by atoms with E-state index in [-0.39, 0.29) is 17.9 Å². The number of aromatic nitrogens is 4. The molecule has 1 saturated heterocycles. The van der Waals surface area contributed by atoms with Crippen molar-refractivity contribution in [3.63, 3.8) is 0 Å². The molecule has 3 heterocycles. The molecule has 2 N–H and O–H groups in total. The molecule has 4 rings (SSSR count). The zero-order chi connectivity index (χ0) is 17.2. The van der Waals surface area contributed by atoms with E-state index in [4.69, 9.17) is 9.26 Å². The normalized spacial score (nSPS) is 16.8. The highest BCUT2D eigenvalue weighted by Crippen LogP contribution is 2.30. The van der Waals surface area contributed by atoms with E-state index >= 15 is 0 Å². The number of para-hydroxylation sites is 1. The predicted octanol–water partition coefficient (Wildman–Crippen LogP) is 2.15. The number of benzene rings is 1. The Kier molecular flexibility index (Phi) is 4.19. The van der Waals surface area contributed by atoms with Crippen LogP contribution in [0, 0.1) is 12.8 Å². The third-order valence-corrected chi connectivity index (χ3v) is 4.52. The molecule has 1 atom stereocenters. The van der Waals surface area contributed by atoms with Crippen LogP contribution in [0.25, 0.3) is 10.9 Å². The second-order valence-electron chi connectivity index (χ2n) is 6.20. The van der Waals surface area contributed by atoms with Crippen molar-refractivity contribution in [2.24, 2.45) is 5.92 Å². The maximum absolute atomic E-state index is 12.8. The molecular weight excluding hydrogens is 322 g/mol. The van der Waals surface area contributed by atoms with Gasteiger partial charge in [-0.05, 0) is 31.7 Å². The molecule has 0 spiro atoms. The van der Waals surface area contributed by atoms with Gasteiger partial charge in [-0.15, -0.1) is 0 Å². The fourth-order valence-electron chi connectivity index (χ4n) is 3.22. The van der Waals surface area contributed by atoms with Crippen molar-refractivity contribution in [3.8, 4) is 0 Å². The Labute approximate surface area is 143 Å². The smallest absolute Gasteiger partial charge is 0.273 e. The molecule has 1 aliphatic rings. The standard InChI is InChI=1S/C17H19N5O3/c1-10-18-17(25-22-10)14(11-6-8-24-9-7-11)19-16(23)15-12-4-2-3-5-13(12)20-21-15/h2-5,11,14H,6-9H2,1H3,(H,19,23)(H,20,21)/t14-/m0/s1. The van der Waals surface area contributed by atoms with Gasteiger partial charge in [0.1, 0.15) is 6.04 Å². The van der Waals surface area contributed by atoms with E-state index in [1.807, 2.05) is 24.3 Å². The van der Waals surface area contributed by atoms with Crippen LogP contribution >= 0.6 is 0 Å². The predicted molar refractivity (Wildman–Crippen MR) is 88.9 cm³/mol. The van der Waals surface area contributed by atoms with Crippen LogP contribution in [0.2, 0.25) is 0 Å². The number of hydrogen-bond acceptors (Lipinski definition) is 6. The third kappa shape index (κ3) is 3.12. The second-order valence-corrected chi connectivity index (χ2v) is 6.20. The zero-order valence-electron chi connectivity index (χ0n) is 13.9. The van der Waals surface area contributed by atoms with Crippen molar-refractivity contribution in [2.45, 2.75) is 25.8 Å². The van der Waals surface area contributed by atoms with Crippen LogP contribution in [-0.4, -0.2) is 39.5 Å². The van der Waals surface area contributed by atoms with E-state index < -0.39 is 0 Å². The maximum Gasteiger partial charge on any atom is 0.273 e. The molecule has 0 radical (unpaired) electrons. The van der Waals surface area contributed by atoms with Crippen LogP contribution in [0.1, 0.15) is 41.1 Å². The molecule has 0 aliphatic carbocycles. The highest BCUT2D eigenvalue weighted by molar-refractivity contribution is 6.04. The summed E-state index contributed by atoms with van der Waals surface area (Å²) < 4.78 is 10.8. The number of fused-ring (bicyclic) bond motifs is 1. The number of carbonyl (C=O) groups excluding carboxylic acids is 1. The lowest BCUT2D eigenvalue weighted by molar-refractivity contribution is 0.0467. The van der Waals surface area contributed by atoms with Crippen LogP contribution < -0.4 is 5.32 Å². The quantitative estimate of drug-likeness (QED) is 0.753. The van der Waals surface area contributed by atoms with Gasteiger partial charge >= 0.3 is 0 Å². The number of aryl methyl sites for hydroxylation is 1. The summed E-state index contributed by atoms with van der Waals surface area (Å²) in [7, 11) is 0. The summed E-state index contributed by atoms with van der Waals surface area (Å²) in [6.07, 6.45) is 1.65. The molecule has 0 saturated carbocycles. The number of amides is 1. The van der Waals surface area contributed by atoms with Crippen molar-refractivity contribution in [1.29, 1.82) is 0 Å². The Morgan fingerprint density at radius 2 is 2.12 bits per heavy atom. The van der Waals surface area contributed by atoms with Gasteiger partial charge in [-0.1, -0.05) is 23.4 Å². The van der Waals surface area contributed by atoms with Crippen molar-refractivity contribution in [2.75, 3.05) is 13.2 Å². The number of ether oxygens (including phenoxy) is 1. The van der Waals surface area contributed by atoms with Gasteiger partial charge < -0.3 is 14.6 Å². The third-order valence-electron chi connectivity index (χ3n) is 4.52. The molecule has 1 fully saturated rings. The van der Waals surface area contributed by atoms with Crippen LogP contribution in [0.5, 0.6) is 0 Å². The molecule has 2 aromatic heterocycles. The van der Waals surface area contributed by atoms with E-state index in [1.54, 1.807) is 6.92 Å². The van der Waals surface area contributed by atoms with Gasteiger partial charge in [0.25, 0.3) is 5.91 Å². The summed E-state index contributed by atoms with van der Waals surface area (Å²) in [6, 6.07) is 7.18. The number of nitrogens with one attached hydrogen (secondary N) is 2. The highest BCUT2D eigenvalue weighted by Gasteiger charge is 2.32. The number of rotatable bonds is 4. The van der Waals surface area contributed by atoms with Gasteiger partial charge in [0.15, 0.2) is 11.5 Å². The average molecular weight is 341 g/mol. The average Bonchev–Trinajstić information content (AvgIpc) is 3.26. The first-order valence-corrected chi connectivity index (χ1v) is 8.34. The van der Waals surface area contributed by atoms with E-state index in [1.165, 1.54) is 0 Å². The summed E-state index contributed by atoms with van der Waals surface area (Å²) >= 11 is 0. The SMILES string of the molecule is Cc1noc([C@@H](NC(=O)c2n[nH]c3ccccc23)C2CCOCC2)n1. The lowest BCUT2D eigenvalue weighted by Gasteiger charge is -2.28. The van der Waals surface area contributed by atoms with Crippen LogP contribution in [0.3, 0.4) is 0 Å². The van der Waals surface area contributed by atoms with Crippen LogP contribution in [-0.2, 0) is 4.74 Å². The molecule has 1 aliphatic heterocycles. The van der Waals surface area contributed by atoms with Crippen molar-refractivity contribution >= 4 is 16.8 Å². The minimum atomic E-state index is -0.354. The first-order chi connectivity index (χ1) is 12.2. The minimum Gasteiger partial charge on any atom is -0.381 e. The zero-order valence-corrected chi connectivity index (χ0v) is 13.9. The van der Waals surface area contributed by atoms with Gasteiger partial charge in [-0.25, -0.2) is 0 Å². The minimum absolute atomic E-state index is 0.183. The summed E-state index contributed by atoms with van der Waals surface area (Å²) in [6.45, 7) is 3.09. The van der Waals surface area contributed by atoms with Crippen LogP contribution in [0.15, 0.2) is 28.8 Å². The first kappa shape index (κ1) is 15.8. The van der Waals surface area contributed by atoms with Crippen molar-refractivity contribution < 1.29 is 14.1 Å². The van der Waals surface area contributed by atoms with E-state index in [0.717, 1.165) is 23.7 Å². The topological polar surface area (TPSA) is 106 Å². The fourth-order valence-corrected chi connectivity index (χ4v) is 3.22. The fraction of sp³-hybridized carbons (Fsp3) is 0.412. The second kappa shape index (κ2) is 6.64. The summed E-state index contributed by atoms with van der Waals surface area (Å²) in [5.74, 6) is 0.900. The van der Waals surface area contributed by atoms with E-state index in [9.17, 15) is 4.79 Å². The lowest BCUT2D eigenvalue weighted by atomic mass is 9.91. The Hall–Kier alpha value is -2.74. The lowest BCUT2D eigenvalue weighted by Crippen LogP contribution is -2.36. The van der Waals surface area contributed by atoms with Gasteiger partial charge in [-0.3, -0.25) is 9.89 Å². The monoisotopic (exact) mass is 341 g/mol. The Morgan fingerprint density at radius 1 is 1.32 bits per heavy atom. The molecular formula is C17H19N5O3. The van der Waals surface area contributed by atoms with Crippen molar-refractivity contribution in [3.05, 3.63) is 41.7 Å². The Morgan fingerprint density at radius 3 is 2.88 bits per heavy atom.